The lowest BCUT2D eigenvalue weighted by Crippen LogP contribution is -2.58. The maximum Gasteiger partial charge on any atom is 0.237 e. The largest absolute Gasteiger partial charge is 0.350 e. The predicted molar refractivity (Wildman–Crippen MR) is 113 cm³/mol. The van der Waals surface area contributed by atoms with E-state index in [2.05, 4.69) is 47.3 Å². The lowest BCUT2D eigenvalue weighted by Gasteiger charge is -2.38. The molecule has 3 heterocycles. The first-order valence-corrected chi connectivity index (χ1v) is 11.8. The molecule has 6 nitrogen and oxygen atoms in total. The number of carbonyl (C=O) groups is 1. The van der Waals surface area contributed by atoms with E-state index in [4.69, 9.17) is 0 Å². The number of nitrogens with zero attached hydrogens (tertiary/aromatic N) is 1. The maximum atomic E-state index is 14.5. The van der Waals surface area contributed by atoms with Gasteiger partial charge >= 0.3 is 0 Å². The summed E-state index contributed by atoms with van der Waals surface area (Å²) in [4.78, 5) is 13.3. The van der Waals surface area contributed by atoms with Gasteiger partial charge in [0.15, 0.2) is 0 Å². The van der Waals surface area contributed by atoms with Gasteiger partial charge in [0.2, 0.25) is 5.91 Å². The number of fused-ring (bicyclic) bond motifs is 1. The highest BCUT2D eigenvalue weighted by atomic mass is 19.1. The summed E-state index contributed by atoms with van der Waals surface area (Å²) in [7, 11) is 2.08. The zero-order valence-electron chi connectivity index (χ0n) is 18.3. The summed E-state index contributed by atoms with van der Waals surface area (Å²) in [5, 5.41) is 12.7. The Balaban J connectivity index is 1.41. The van der Waals surface area contributed by atoms with Gasteiger partial charge in [-0.2, -0.15) is 0 Å². The van der Waals surface area contributed by atoms with E-state index in [0.29, 0.717) is 36.6 Å². The number of hydrogen-bond donors (Lipinski definition) is 4. The van der Waals surface area contributed by atoms with Crippen molar-refractivity contribution in [2.75, 3.05) is 26.7 Å². The molecule has 0 aromatic heterocycles. The van der Waals surface area contributed by atoms with E-state index in [1.165, 1.54) is 12.8 Å². The smallest absolute Gasteiger partial charge is 0.237 e. The average Bonchev–Trinajstić information content (AvgIpc) is 3.32. The second-order valence-electron chi connectivity index (χ2n) is 10.3. The van der Waals surface area contributed by atoms with E-state index < -0.39 is 6.17 Å². The quantitative estimate of drug-likeness (QED) is 0.553. The topological polar surface area (TPSA) is 68.4 Å². The number of carbonyl (C=O) groups excluding carboxylic acids is 1. The number of halogens is 1. The normalized spacial score (nSPS) is 44.4. The first-order chi connectivity index (χ1) is 13.9. The minimum atomic E-state index is -0.766. The van der Waals surface area contributed by atoms with Crippen molar-refractivity contribution in [3.05, 3.63) is 0 Å². The molecule has 1 amide bonds. The van der Waals surface area contributed by atoms with Crippen LogP contribution >= 0.6 is 0 Å². The summed E-state index contributed by atoms with van der Waals surface area (Å²) in [6.45, 7) is 7.50. The summed E-state index contributed by atoms with van der Waals surface area (Å²) in [5.74, 6) is 1.60. The van der Waals surface area contributed by atoms with E-state index in [-0.39, 0.29) is 30.0 Å². The van der Waals surface area contributed by atoms with Gasteiger partial charge in [-0.05, 0) is 62.8 Å². The van der Waals surface area contributed by atoms with E-state index >= 15 is 0 Å². The Bertz CT molecular complexity index is 559. The van der Waals surface area contributed by atoms with Gasteiger partial charge < -0.3 is 16.0 Å². The Morgan fingerprint density at radius 1 is 1.24 bits per heavy atom. The molecule has 4 rings (SSSR count). The van der Waals surface area contributed by atoms with Crippen LogP contribution in [0.2, 0.25) is 0 Å². The van der Waals surface area contributed by atoms with Gasteiger partial charge in [0.05, 0.1) is 6.04 Å². The SMILES string of the molecule is CC1CCCNC1C(CC1CNN(C)C1)NC(=O)C1CC2C(F)CCC(C)C2N1. The lowest BCUT2D eigenvalue weighted by atomic mass is 9.77. The van der Waals surface area contributed by atoms with Crippen molar-refractivity contribution in [1.29, 1.82) is 0 Å². The highest BCUT2D eigenvalue weighted by Crippen LogP contribution is 2.38. The molecule has 0 radical (unpaired) electrons. The third-order valence-electron chi connectivity index (χ3n) is 8.01. The Hall–Kier alpha value is -0.760. The van der Waals surface area contributed by atoms with Crippen molar-refractivity contribution >= 4 is 5.91 Å². The van der Waals surface area contributed by atoms with Crippen LogP contribution < -0.4 is 21.4 Å². The Morgan fingerprint density at radius 2 is 2.07 bits per heavy atom. The Morgan fingerprint density at radius 3 is 2.76 bits per heavy atom. The molecule has 7 heteroatoms. The number of piperidine rings is 1. The monoisotopic (exact) mass is 409 g/mol. The van der Waals surface area contributed by atoms with Crippen molar-refractivity contribution in [3.8, 4) is 0 Å². The van der Waals surface area contributed by atoms with Crippen molar-refractivity contribution in [2.45, 2.75) is 82.7 Å². The molecule has 0 bridgehead atoms. The van der Waals surface area contributed by atoms with E-state index in [1.54, 1.807) is 0 Å². The summed E-state index contributed by atoms with van der Waals surface area (Å²) in [5.41, 5.74) is 3.39. The lowest BCUT2D eigenvalue weighted by molar-refractivity contribution is -0.124. The fraction of sp³-hybridized carbons (Fsp3) is 0.955. The first-order valence-electron chi connectivity index (χ1n) is 11.8. The predicted octanol–water partition coefficient (Wildman–Crippen LogP) is 1.43. The molecule has 0 aromatic rings. The number of nitrogens with one attached hydrogen (secondary N) is 4. The van der Waals surface area contributed by atoms with Crippen LogP contribution in [0.15, 0.2) is 0 Å². The summed E-state index contributed by atoms with van der Waals surface area (Å²) in [6, 6.07) is 0.330. The van der Waals surface area contributed by atoms with Crippen LogP contribution in [0.3, 0.4) is 0 Å². The first kappa shape index (κ1) is 21.5. The third-order valence-corrected chi connectivity index (χ3v) is 8.01. The van der Waals surface area contributed by atoms with Crippen LogP contribution in [-0.4, -0.2) is 67.9 Å². The van der Waals surface area contributed by atoms with Gasteiger partial charge in [0, 0.05) is 44.2 Å². The van der Waals surface area contributed by atoms with Crippen molar-refractivity contribution < 1.29 is 9.18 Å². The molecule has 166 valence electrons. The fourth-order valence-corrected chi connectivity index (χ4v) is 6.31. The minimum absolute atomic E-state index is 0.00707. The van der Waals surface area contributed by atoms with Crippen molar-refractivity contribution in [1.82, 2.24) is 26.4 Å². The molecule has 4 N–H and O–H groups in total. The molecule has 29 heavy (non-hydrogen) atoms. The van der Waals surface area contributed by atoms with Gasteiger partial charge in [-0.15, -0.1) is 0 Å². The van der Waals surface area contributed by atoms with E-state index in [9.17, 15) is 9.18 Å². The molecule has 4 aliphatic rings. The second-order valence-corrected chi connectivity index (χ2v) is 10.3. The van der Waals surface area contributed by atoms with Crippen LogP contribution in [0, 0.1) is 23.7 Å². The van der Waals surface area contributed by atoms with Crippen LogP contribution in [0.5, 0.6) is 0 Å². The number of alkyl halides is 1. The molecule has 9 atom stereocenters. The average molecular weight is 410 g/mol. The van der Waals surface area contributed by atoms with Gasteiger partial charge in [0.25, 0.3) is 0 Å². The molecule has 0 aromatic carbocycles. The number of rotatable bonds is 5. The van der Waals surface area contributed by atoms with Gasteiger partial charge in [-0.3, -0.25) is 10.2 Å². The summed E-state index contributed by atoms with van der Waals surface area (Å²) >= 11 is 0. The zero-order chi connectivity index (χ0) is 20.5. The molecule has 9 unspecified atom stereocenters. The van der Waals surface area contributed by atoms with Crippen molar-refractivity contribution in [3.63, 3.8) is 0 Å². The van der Waals surface area contributed by atoms with Crippen LogP contribution in [0.4, 0.5) is 4.39 Å². The molecule has 1 saturated carbocycles. The molecule has 3 saturated heterocycles. The molecule has 0 spiro atoms. The van der Waals surface area contributed by atoms with Crippen molar-refractivity contribution in [2.24, 2.45) is 23.7 Å². The highest BCUT2D eigenvalue weighted by molar-refractivity contribution is 5.82. The highest BCUT2D eigenvalue weighted by Gasteiger charge is 2.47. The Kier molecular flexibility index (Phi) is 6.78. The minimum Gasteiger partial charge on any atom is -0.350 e. The zero-order valence-corrected chi connectivity index (χ0v) is 18.3. The summed E-state index contributed by atoms with van der Waals surface area (Å²) in [6.07, 6.45) is 4.82. The van der Waals surface area contributed by atoms with Crippen LogP contribution in [-0.2, 0) is 4.79 Å². The van der Waals surface area contributed by atoms with Crippen LogP contribution in [0.25, 0.3) is 0 Å². The fourth-order valence-electron chi connectivity index (χ4n) is 6.31. The number of hydrazine groups is 1. The number of hydrogen-bond acceptors (Lipinski definition) is 5. The third kappa shape index (κ3) is 4.78. The van der Waals surface area contributed by atoms with Gasteiger partial charge in [-0.25, -0.2) is 9.40 Å². The molecule has 1 aliphatic carbocycles. The summed E-state index contributed by atoms with van der Waals surface area (Å²) < 4.78 is 14.5. The molecular formula is C22H40FN5O. The van der Waals surface area contributed by atoms with E-state index in [1.807, 2.05) is 0 Å². The molecule has 3 aliphatic heterocycles. The second kappa shape index (κ2) is 9.16. The van der Waals surface area contributed by atoms with E-state index in [0.717, 1.165) is 32.5 Å². The molecule has 4 fully saturated rings. The van der Waals surface area contributed by atoms with Gasteiger partial charge in [0.1, 0.15) is 6.17 Å². The Labute approximate surface area is 175 Å². The van der Waals surface area contributed by atoms with Crippen LogP contribution in [0.1, 0.15) is 52.4 Å². The van der Waals surface area contributed by atoms with Gasteiger partial charge in [-0.1, -0.05) is 13.8 Å². The standard InChI is InChI=1S/C22H40FN5O/c1-13-5-4-8-24-21(13)18(9-15-11-25-28(3)12-15)27-22(29)19-10-16-17(23)7-6-14(2)20(16)26-19/h13-21,24-26H,4-12H2,1-3H3,(H,27,29). The maximum absolute atomic E-state index is 14.5. The molecular weight excluding hydrogens is 369 g/mol. The number of amides is 1.